The number of hydrogen-bond acceptors (Lipinski definition) is 3. The molecule has 0 aliphatic heterocycles. The predicted molar refractivity (Wildman–Crippen MR) is 86.1 cm³/mol. The van der Waals surface area contributed by atoms with E-state index in [1.807, 2.05) is 31.2 Å². The number of amides is 2. The molecular weight excluding hydrogens is 280 g/mol. The molecule has 0 radical (unpaired) electrons. The van der Waals surface area contributed by atoms with Crippen LogP contribution in [0.1, 0.15) is 15.9 Å². The molecule has 2 N–H and O–H groups in total. The number of rotatable bonds is 5. The van der Waals surface area contributed by atoms with Gasteiger partial charge in [-0.15, -0.1) is 0 Å². The standard InChI is InChI=1S/C17H18N2O3/c1-12-6-5-7-13(10-12)18-17(21)14-8-3-4-9-15(14)19-16(20)11-22-2/h3-10H,11H2,1-2H3,(H,18,21)(H,19,20). The number of carbonyl (C=O) groups is 2. The van der Waals surface area contributed by atoms with Crippen molar-refractivity contribution in [2.75, 3.05) is 24.4 Å². The van der Waals surface area contributed by atoms with Gasteiger partial charge >= 0.3 is 0 Å². The van der Waals surface area contributed by atoms with Crippen molar-refractivity contribution < 1.29 is 14.3 Å². The first-order chi connectivity index (χ1) is 10.6. The summed E-state index contributed by atoms with van der Waals surface area (Å²) in [5.74, 6) is -0.586. The molecule has 2 aromatic rings. The van der Waals surface area contributed by atoms with Crippen LogP contribution in [0.4, 0.5) is 11.4 Å². The van der Waals surface area contributed by atoms with Crippen LogP contribution in [-0.4, -0.2) is 25.5 Å². The van der Waals surface area contributed by atoms with E-state index in [0.29, 0.717) is 16.9 Å². The van der Waals surface area contributed by atoms with E-state index in [-0.39, 0.29) is 18.4 Å². The van der Waals surface area contributed by atoms with Crippen molar-refractivity contribution in [3.63, 3.8) is 0 Å². The molecule has 2 amide bonds. The van der Waals surface area contributed by atoms with Crippen LogP contribution in [-0.2, 0) is 9.53 Å². The molecule has 0 bridgehead atoms. The number of ether oxygens (including phenoxy) is 1. The van der Waals surface area contributed by atoms with E-state index < -0.39 is 0 Å². The number of hydrogen-bond donors (Lipinski definition) is 2. The van der Waals surface area contributed by atoms with Gasteiger partial charge in [-0.05, 0) is 36.8 Å². The molecule has 0 spiro atoms. The molecule has 114 valence electrons. The quantitative estimate of drug-likeness (QED) is 0.892. The van der Waals surface area contributed by atoms with Gasteiger partial charge in [0.1, 0.15) is 6.61 Å². The fraction of sp³-hybridized carbons (Fsp3) is 0.176. The number of methoxy groups -OCH3 is 1. The number of aryl methyl sites for hydroxylation is 1. The maximum absolute atomic E-state index is 12.4. The minimum atomic E-state index is -0.307. The Kier molecular flexibility index (Phi) is 5.27. The molecule has 5 nitrogen and oxygen atoms in total. The molecule has 0 heterocycles. The normalized spacial score (nSPS) is 10.1. The van der Waals surface area contributed by atoms with E-state index in [9.17, 15) is 9.59 Å². The number of para-hydroxylation sites is 1. The van der Waals surface area contributed by atoms with Gasteiger partial charge < -0.3 is 15.4 Å². The smallest absolute Gasteiger partial charge is 0.257 e. The molecule has 0 saturated heterocycles. The predicted octanol–water partition coefficient (Wildman–Crippen LogP) is 2.83. The highest BCUT2D eigenvalue weighted by Crippen LogP contribution is 2.18. The van der Waals surface area contributed by atoms with Gasteiger partial charge in [0.25, 0.3) is 5.91 Å². The molecule has 22 heavy (non-hydrogen) atoms. The van der Waals surface area contributed by atoms with Crippen molar-refractivity contribution in [1.29, 1.82) is 0 Å². The second-order valence-corrected chi connectivity index (χ2v) is 4.85. The summed E-state index contributed by atoms with van der Waals surface area (Å²) in [6, 6.07) is 14.4. The fourth-order valence-corrected chi connectivity index (χ4v) is 2.03. The highest BCUT2D eigenvalue weighted by molar-refractivity contribution is 6.10. The molecule has 0 aromatic heterocycles. The van der Waals surface area contributed by atoms with Crippen LogP contribution in [0.25, 0.3) is 0 Å². The second-order valence-electron chi connectivity index (χ2n) is 4.85. The van der Waals surface area contributed by atoms with Crippen LogP contribution < -0.4 is 10.6 Å². The summed E-state index contributed by atoms with van der Waals surface area (Å²) in [5, 5.41) is 5.49. The van der Waals surface area contributed by atoms with Gasteiger partial charge in [-0.25, -0.2) is 0 Å². The number of anilines is 2. The maximum Gasteiger partial charge on any atom is 0.257 e. The summed E-state index contributed by atoms with van der Waals surface area (Å²) in [6.45, 7) is 1.89. The summed E-state index contributed by atoms with van der Waals surface area (Å²) in [7, 11) is 1.44. The molecule has 5 heteroatoms. The molecule has 0 unspecified atom stereocenters. The molecule has 2 aromatic carbocycles. The molecule has 0 aliphatic carbocycles. The van der Waals surface area contributed by atoms with Gasteiger partial charge in [-0.3, -0.25) is 9.59 Å². The van der Waals surface area contributed by atoms with E-state index in [1.165, 1.54) is 7.11 Å². The number of benzene rings is 2. The molecule has 2 rings (SSSR count). The molecule has 0 saturated carbocycles. The van der Waals surface area contributed by atoms with Crippen molar-refractivity contribution in [2.24, 2.45) is 0 Å². The van der Waals surface area contributed by atoms with E-state index in [0.717, 1.165) is 5.56 Å². The van der Waals surface area contributed by atoms with Crippen LogP contribution in [0, 0.1) is 6.92 Å². The zero-order valence-corrected chi connectivity index (χ0v) is 12.6. The van der Waals surface area contributed by atoms with Crippen molar-refractivity contribution in [3.8, 4) is 0 Å². The summed E-state index contributed by atoms with van der Waals surface area (Å²) >= 11 is 0. The number of nitrogens with one attached hydrogen (secondary N) is 2. The monoisotopic (exact) mass is 298 g/mol. The number of carbonyl (C=O) groups excluding carboxylic acids is 2. The first-order valence-electron chi connectivity index (χ1n) is 6.86. The summed E-state index contributed by atoms with van der Waals surface area (Å²) in [6.07, 6.45) is 0. The maximum atomic E-state index is 12.4. The lowest BCUT2D eigenvalue weighted by atomic mass is 10.1. The Bertz CT molecular complexity index is 683. The van der Waals surface area contributed by atoms with E-state index in [1.54, 1.807) is 24.3 Å². The van der Waals surface area contributed by atoms with E-state index >= 15 is 0 Å². The molecule has 0 atom stereocenters. The third-order valence-corrected chi connectivity index (χ3v) is 3.00. The zero-order chi connectivity index (χ0) is 15.9. The first-order valence-corrected chi connectivity index (χ1v) is 6.86. The van der Waals surface area contributed by atoms with Crippen LogP contribution in [0.5, 0.6) is 0 Å². The van der Waals surface area contributed by atoms with Gasteiger partial charge in [0, 0.05) is 12.8 Å². The molecular formula is C17H18N2O3. The van der Waals surface area contributed by atoms with Gasteiger partial charge in [-0.2, -0.15) is 0 Å². The highest BCUT2D eigenvalue weighted by atomic mass is 16.5. The van der Waals surface area contributed by atoms with E-state index in [2.05, 4.69) is 10.6 Å². The molecule has 0 fully saturated rings. The second kappa shape index (κ2) is 7.38. The minimum Gasteiger partial charge on any atom is -0.375 e. The summed E-state index contributed by atoms with van der Waals surface area (Å²) in [5.41, 5.74) is 2.62. The SMILES string of the molecule is COCC(=O)Nc1ccccc1C(=O)Nc1cccc(C)c1. The van der Waals surface area contributed by atoms with Gasteiger partial charge in [0.2, 0.25) is 5.91 Å². The van der Waals surface area contributed by atoms with Crippen molar-refractivity contribution in [2.45, 2.75) is 6.92 Å². The summed E-state index contributed by atoms with van der Waals surface area (Å²) in [4.78, 5) is 24.0. The lowest BCUT2D eigenvalue weighted by Gasteiger charge is -2.11. The lowest BCUT2D eigenvalue weighted by molar-refractivity contribution is -0.119. The molecule has 0 aliphatic rings. The van der Waals surface area contributed by atoms with Crippen molar-refractivity contribution >= 4 is 23.2 Å². The average Bonchev–Trinajstić information content (AvgIpc) is 2.48. The van der Waals surface area contributed by atoms with Crippen LogP contribution in [0.3, 0.4) is 0 Å². The van der Waals surface area contributed by atoms with Crippen molar-refractivity contribution in [3.05, 3.63) is 59.7 Å². The largest absolute Gasteiger partial charge is 0.375 e. The third kappa shape index (κ3) is 4.17. The Labute approximate surface area is 129 Å². The lowest BCUT2D eigenvalue weighted by Crippen LogP contribution is -2.20. The zero-order valence-electron chi connectivity index (χ0n) is 12.6. The Hall–Kier alpha value is -2.66. The van der Waals surface area contributed by atoms with Gasteiger partial charge in [0.05, 0.1) is 11.3 Å². The van der Waals surface area contributed by atoms with Crippen LogP contribution in [0.15, 0.2) is 48.5 Å². The minimum absolute atomic E-state index is 0.0617. The van der Waals surface area contributed by atoms with Crippen LogP contribution in [0.2, 0.25) is 0 Å². The first kappa shape index (κ1) is 15.7. The Morgan fingerprint density at radius 1 is 1.05 bits per heavy atom. The Morgan fingerprint density at radius 3 is 2.55 bits per heavy atom. The summed E-state index contributed by atoms with van der Waals surface area (Å²) < 4.78 is 4.77. The van der Waals surface area contributed by atoms with Gasteiger partial charge in [-0.1, -0.05) is 24.3 Å². The Balaban J connectivity index is 2.17. The third-order valence-electron chi connectivity index (χ3n) is 3.00. The van der Waals surface area contributed by atoms with Crippen molar-refractivity contribution in [1.82, 2.24) is 0 Å². The van der Waals surface area contributed by atoms with Gasteiger partial charge in [0.15, 0.2) is 0 Å². The highest BCUT2D eigenvalue weighted by Gasteiger charge is 2.13. The topological polar surface area (TPSA) is 67.4 Å². The van der Waals surface area contributed by atoms with E-state index in [4.69, 9.17) is 4.74 Å². The average molecular weight is 298 g/mol. The van der Waals surface area contributed by atoms with Crippen LogP contribution >= 0.6 is 0 Å². The Morgan fingerprint density at radius 2 is 1.82 bits per heavy atom. The fourth-order valence-electron chi connectivity index (χ4n) is 2.03.